The molecule has 2 aliphatic rings. The lowest BCUT2D eigenvalue weighted by molar-refractivity contribution is 0.192. The summed E-state index contributed by atoms with van der Waals surface area (Å²) in [4.78, 5) is 2.04. The highest BCUT2D eigenvalue weighted by Gasteiger charge is 2.25. The van der Waals surface area contributed by atoms with E-state index in [1.54, 1.807) is 0 Å². The molecule has 0 saturated heterocycles. The van der Waals surface area contributed by atoms with Gasteiger partial charge in [-0.15, -0.1) is 0 Å². The highest BCUT2D eigenvalue weighted by Crippen LogP contribution is 2.37. The average Bonchev–Trinajstić information content (AvgIpc) is 3.35. The summed E-state index contributed by atoms with van der Waals surface area (Å²) in [6.07, 6.45) is 13.7. The first-order valence-corrected chi connectivity index (χ1v) is 10.9. The van der Waals surface area contributed by atoms with Crippen molar-refractivity contribution in [3.05, 3.63) is 12.2 Å². The second kappa shape index (κ2) is 10.3. The first-order valence-electron chi connectivity index (χ1n) is 10.9. The Morgan fingerprint density at radius 1 is 0.960 bits per heavy atom. The lowest BCUT2D eigenvalue weighted by atomic mass is 9.73. The van der Waals surface area contributed by atoms with Crippen LogP contribution in [0.4, 0.5) is 0 Å². The molecule has 1 aliphatic heterocycles. The lowest BCUT2D eigenvalue weighted by Gasteiger charge is -2.32. The maximum atomic E-state index is 4.37. The Hall–Kier alpha value is -0.900. The Labute approximate surface area is 157 Å². The van der Waals surface area contributed by atoms with Crippen molar-refractivity contribution < 1.29 is 0 Å². The van der Waals surface area contributed by atoms with E-state index in [1.807, 2.05) is 4.90 Å². The molecule has 25 heavy (non-hydrogen) atoms. The molecule has 1 fully saturated rings. The van der Waals surface area contributed by atoms with Crippen LogP contribution in [0, 0.1) is 41.7 Å². The fraction of sp³-hybridized carbons (Fsp3) is 0.833. The second-order valence-corrected chi connectivity index (χ2v) is 9.25. The van der Waals surface area contributed by atoms with Crippen molar-refractivity contribution in [2.45, 2.75) is 91.9 Å². The van der Waals surface area contributed by atoms with Crippen LogP contribution in [0.5, 0.6) is 0 Å². The number of hydrogen-bond acceptors (Lipinski definition) is 1. The minimum atomic E-state index is 0.821. The van der Waals surface area contributed by atoms with E-state index in [1.165, 1.54) is 69.8 Å². The van der Waals surface area contributed by atoms with E-state index in [4.69, 9.17) is 0 Å². The predicted molar refractivity (Wildman–Crippen MR) is 110 cm³/mol. The molecule has 1 saturated carbocycles. The van der Waals surface area contributed by atoms with Crippen molar-refractivity contribution in [2.24, 2.45) is 29.6 Å². The van der Waals surface area contributed by atoms with Gasteiger partial charge in [0, 0.05) is 18.6 Å². The van der Waals surface area contributed by atoms with Gasteiger partial charge in [0.1, 0.15) is 0 Å². The monoisotopic (exact) mass is 343 g/mol. The Morgan fingerprint density at radius 3 is 2.12 bits per heavy atom. The van der Waals surface area contributed by atoms with Gasteiger partial charge >= 0.3 is 0 Å². The van der Waals surface area contributed by atoms with Gasteiger partial charge in [-0.2, -0.15) is 0 Å². The van der Waals surface area contributed by atoms with Gasteiger partial charge in [-0.05, 0) is 55.3 Å². The normalized spacial score (nSPS) is 25.6. The topological polar surface area (TPSA) is 3.01 Å². The van der Waals surface area contributed by atoms with Crippen molar-refractivity contribution in [2.75, 3.05) is 6.54 Å². The van der Waals surface area contributed by atoms with Crippen LogP contribution in [0.3, 0.4) is 0 Å². The summed E-state index contributed by atoms with van der Waals surface area (Å²) in [7, 11) is 0. The minimum Gasteiger partial charge on any atom is -0.257 e. The molecular formula is C24H41N. The van der Waals surface area contributed by atoms with Crippen molar-refractivity contribution >= 4 is 0 Å². The molecule has 1 heterocycles. The maximum Gasteiger partial charge on any atom is 0.0445 e. The van der Waals surface area contributed by atoms with Gasteiger partial charge in [0.25, 0.3) is 0 Å². The third-order valence-electron chi connectivity index (χ3n) is 6.94. The highest BCUT2D eigenvalue weighted by atomic mass is 15.1. The molecule has 0 aromatic rings. The lowest BCUT2D eigenvalue weighted by Crippen LogP contribution is -2.21. The highest BCUT2D eigenvalue weighted by molar-refractivity contribution is 5.18. The van der Waals surface area contributed by atoms with Crippen molar-refractivity contribution in [3.63, 3.8) is 0 Å². The molecule has 2 atom stereocenters. The van der Waals surface area contributed by atoms with Gasteiger partial charge in [0.15, 0.2) is 0 Å². The van der Waals surface area contributed by atoms with Crippen LogP contribution in [0.2, 0.25) is 0 Å². The summed E-state index contributed by atoms with van der Waals surface area (Å²) in [6.45, 7) is 15.2. The summed E-state index contributed by atoms with van der Waals surface area (Å²) in [6, 6.07) is 5.97. The van der Waals surface area contributed by atoms with Gasteiger partial charge in [-0.25, -0.2) is 0 Å². The van der Waals surface area contributed by atoms with Gasteiger partial charge in [-0.1, -0.05) is 78.4 Å². The Balaban J connectivity index is 1.64. The molecule has 0 amide bonds. The third kappa shape index (κ3) is 7.47. The van der Waals surface area contributed by atoms with Crippen LogP contribution in [0.1, 0.15) is 91.9 Å². The molecule has 1 nitrogen and oxygen atoms in total. The van der Waals surface area contributed by atoms with E-state index in [0.717, 1.165) is 36.1 Å². The van der Waals surface area contributed by atoms with E-state index in [0.29, 0.717) is 0 Å². The van der Waals surface area contributed by atoms with Crippen molar-refractivity contribution in [1.82, 2.24) is 4.90 Å². The summed E-state index contributed by atoms with van der Waals surface area (Å²) in [5, 5.41) is 0. The maximum absolute atomic E-state index is 4.37. The number of allylic oxidation sites excluding steroid dienone is 1. The first-order chi connectivity index (χ1) is 12.0. The summed E-state index contributed by atoms with van der Waals surface area (Å²) in [5.74, 6) is 4.45. The molecule has 142 valence electrons. The molecule has 1 heteroatoms. The Bertz CT molecular complexity index is 448. The van der Waals surface area contributed by atoms with Crippen LogP contribution in [0.15, 0.2) is 12.2 Å². The van der Waals surface area contributed by atoms with E-state index in [2.05, 4.69) is 46.4 Å². The summed E-state index contributed by atoms with van der Waals surface area (Å²) >= 11 is 0. The summed E-state index contributed by atoms with van der Waals surface area (Å²) in [5.41, 5.74) is 1.48. The number of rotatable bonds is 10. The van der Waals surface area contributed by atoms with Crippen LogP contribution in [-0.4, -0.2) is 11.4 Å². The molecule has 2 rings (SSSR count). The summed E-state index contributed by atoms with van der Waals surface area (Å²) < 4.78 is 0. The van der Waals surface area contributed by atoms with Crippen LogP contribution in [-0.2, 0) is 0 Å². The van der Waals surface area contributed by atoms with E-state index >= 15 is 0 Å². The number of nitrogens with zero attached hydrogens (tertiary/aromatic N) is 1. The SMILES string of the molecule is C=C(CCCCN1C#C1)CC(C)C1CCCC(C(C)C(C)C)CCC1. The molecule has 0 spiro atoms. The predicted octanol–water partition coefficient (Wildman–Crippen LogP) is 6.85. The van der Waals surface area contributed by atoms with Gasteiger partial charge < -0.3 is 0 Å². The zero-order chi connectivity index (χ0) is 18.2. The average molecular weight is 344 g/mol. The van der Waals surface area contributed by atoms with Gasteiger partial charge in [0.05, 0.1) is 0 Å². The van der Waals surface area contributed by atoms with Crippen molar-refractivity contribution in [3.8, 4) is 12.1 Å². The molecule has 2 unspecified atom stereocenters. The van der Waals surface area contributed by atoms with E-state index in [-0.39, 0.29) is 0 Å². The first kappa shape index (κ1) is 20.4. The standard InChI is InChI=1S/C24H41N/c1-19(2)22(5)24-13-8-11-23(12-9-14-24)21(4)18-20(3)10-6-7-15-25-16-17-25/h19,21-24H,3,6-15,18H2,1-2,4-5H3. The Kier molecular flexibility index (Phi) is 8.41. The molecule has 0 aromatic carbocycles. The zero-order valence-electron chi connectivity index (χ0n) is 17.3. The van der Waals surface area contributed by atoms with Crippen LogP contribution >= 0.6 is 0 Å². The molecule has 0 radical (unpaired) electrons. The fourth-order valence-electron chi connectivity index (χ4n) is 4.73. The smallest absolute Gasteiger partial charge is 0.0445 e. The molecule has 0 bridgehead atoms. The van der Waals surface area contributed by atoms with Gasteiger partial charge in [0.2, 0.25) is 0 Å². The van der Waals surface area contributed by atoms with Crippen molar-refractivity contribution in [1.29, 1.82) is 0 Å². The van der Waals surface area contributed by atoms with E-state index in [9.17, 15) is 0 Å². The molecule has 0 aromatic heterocycles. The molecule has 1 aliphatic carbocycles. The number of unbranched alkanes of at least 4 members (excludes halogenated alkanes) is 1. The quantitative estimate of drug-likeness (QED) is 0.238. The van der Waals surface area contributed by atoms with Crippen LogP contribution in [0.25, 0.3) is 0 Å². The fourth-order valence-corrected chi connectivity index (χ4v) is 4.73. The molecular weight excluding hydrogens is 302 g/mol. The second-order valence-electron chi connectivity index (χ2n) is 9.25. The largest absolute Gasteiger partial charge is 0.257 e. The number of hydrogen-bond donors (Lipinski definition) is 0. The molecule has 0 N–H and O–H groups in total. The van der Waals surface area contributed by atoms with Gasteiger partial charge in [-0.3, -0.25) is 4.90 Å². The zero-order valence-corrected chi connectivity index (χ0v) is 17.3. The third-order valence-corrected chi connectivity index (χ3v) is 6.94. The Morgan fingerprint density at radius 2 is 1.56 bits per heavy atom. The minimum absolute atomic E-state index is 0.821. The van der Waals surface area contributed by atoms with E-state index < -0.39 is 0 Å². The van der Waals surface area contributed by atoms with Crippen LogP contribution < -0.4 is 0 Å².